The van der Waals surface area contributed by atoms with Crippen LogP contribution in [0.2, 0.25) is 0 Å². The highest BCUT2D eigenvalue weighted by atomic mass is 16.5. The number of nitrogens with zero attached hydrogens (tertiary/aromatic N) is 1. The van der Waals surface area contributed by atoms with Gasteiger partial charge in [-0.2, -0.15) is 0 Å². The molecule has 0 aromatic heterocycles. The van der Waals surface area contributed by atoms with Gasteiger partial charge in [-0.05, 0) is 54.8 Å². The van der Waals surface area contributed by atoms with Gasteiger partial charge in [0.15, 0.2) is 0 Å². The Labute approximate surface area is 113 Å². The third-order valence-corrected chi connectivity index (χ3v) is 2.83. The SMILES string of the molecule is C=C(C)C(CCCC)OC(=O)c1ccc(N=O)cc1. The standard InChI is InChI=1S/C15H19NO3/c1-4-5-6-14(11(2)3)19-15(17)12-7-9-13(16-18)10-8-12/h7-10,14H,2,4-6H2,1,3H3. The van der Waals surface area contributed by atoms with Crippen molar-refractivity contribution in [2.24, 2.45) is 5.18 Å². The van der Waals surface area contributed by atoms with Crippen LogP contribution in [0.3, 0.4) is 0 Å². The summed E-state index contributed by atoms with van der Waals surface area (Å²) in [5.74, 6) is -0.401. The molecule has 0 aliphatic heterocycles. The summed E-state index contributed by atoms with van der Waals surface area (Å²) < 4.78 is 5.43. The van der Waals surface area contributed by atoms with Crippen LogP contribution in [0, 0.1) is 4.91 Å². The fourth-order valence-corrected chi connectivity index (χ4v) is 1.65. The van der Waals surface area contributed by atoms with Crippen LogP contribution < -0.4 is 0 Å². The van der Waals surface area contributed by atoms with Crippen molar-refractivity contribution in [3.8, 4) is 0 Å². The van der Waals surface area contributed by atoms with E-state index in [0.717, 1.165) is 24.8 Å². The minimum absolute atomic E-state index is 0.253. The number of hydrogen-bond acceptors (Lipinski definition) is 4. The van der Waals surface area contributed by atoms with Crippen molar-refractivity contribution in [2.75, 3.05) is 0 Å². The molecular formula is C15H19NO3. The fourth-order valence-electron chi connectivity index (χ4n) is 1.65. The highest BCUT2D eigenvalue weighted by Crippen LogP contribution is 2.17. The van der Waals surface area contributed by atoms with E-state index >= 15 is 0 Å². The second kappa shape index (κ2) is 7.46. The Kier molecular flexibility index (Phi) is 5.93. The van der Waals surface area contributed by atoms with Gasteiger partial charge in [-0.15, -0.1) is 4.91 Å². The topological polar surface area (TPSA) is 55.7 Å². The van der Waals surface area contributed by atoms with Gasteiger partial charge in [-0.1, -0.05) is 19.9 Å². The number of ether oxygens (including phenoxy) is 1. The predicted octanol–water partition coefficient (Wildman–Crippen LogP) is 4.38. The summed E-state index contributed by atoms with van der Waals surface area (Å²) in [4.78, 5) is 22.2. The molecule has 0 heterocycles. The number of nitroso groups, excluding NO2 is 1. The smallest absolute Gasteiger partial charge is 0.338 e. The van der Waals surface area contributed by atoms with Gasteiger partial charge < -0.3 is 4.74 Å². The first-order chi connectivity index (χ1) is 9.08. The third-order valence-electron chi connectivity index (χ3n) is 2.83. The van der Waals surface area contributed by atoms with E-state index < -0.39 is 5.97 Å². The Morgan fingerprint density at radius 2 is 2.00 bits per heavy atom. The van der Waals surface area contributed by atoms with Crippen LogP contribution in [0.25, 0.3) is 0 Å². The number of esters is 1. The van der Waals surface area contributed by atoms with E-state index in [2.05, 4.69) is 18.7 Å². The molecule has 0 N–H and O–H groups in total. The van der Waals surface area contributed by atoms with E-state index in [1.54, 1.807) is 0 Å². The highest BCUT2D eigenvalue weighted by Gasteiger charge is 2.16. The summed E-state index contributed by atoms with van der Waals surface area (Å²) in [6, 6.07) is 6.06. The molecule has 0 saturated carbocycles. The maximum absolute atomic E-state index is 12.0. The number of hydrogen-bond donors (Lipinski definition) is 0. The molecule has 1 atom stereocenters. The number of benzene rings is 1. The van der Waals surface area contributed by atoms with E-state index in [9.17, 15) is 9.70 Å². The molecule has 1 aromatic rings. The molecule has 1 rings (SSSR count). The quantitative estimate of drug-likeness (QED) is 0.416. The Hall–Kier alpha value is -1.97. The van der Waals surface area contributed by atoms with Gasteiger partial charge in [0, 0.05) is 0 Å². The Bertz CT molecular complexity index is 451. The Morgan fingerprint density at radius 3 is 2.47 bits per heavy atom. The predicted molar refractivity (Wildman–Crippen MR) is 75.4 cm³/mol. The zero-order valence-electron chi connectivity index (χ0n) is 11.4. The van der Waals surface area contributed by atoms with Gasteiger partial charge >= 0.3 is 5.97 Å². The lowest BCUT2D eigenvalue weighted by atomic mass is 10.1. The molecule has 0 saturated heterocycles. The van der Waals surface area contributed by atoms with Crippen LogP contribution in [-0.4, -0.2) is 12.1 Å². The molecular weight excluding hydrogens is 242 g/mol. The van der Waals surface area contributed by atoms with Gasteiger partial charge in [0.25, 0.3) is 0 Å². The monoisotopic (exact) mass is 261 g/mol. The average Bonchev–Trinajstić information content (AvgIpc) is 2.43. The zero-order chi connectivity index (χ0) is 14.3. The number of unbranched alkanes of at least 4 members (excludes halogenated alkanes) is 1. The van der Waals surface area contributed by atoms with Crippen LogP contribution in [0.1, 0.15) is 43.5 Å². The number of carbonyl (C=O) groups is 1. The van der Waals surface area contributed by atoms with Crippen molar-refractivity contribution in [1.82, 2.24) is 0 Å². The van der Waals surface area contributed by atoms with Crippen LogP contribution in [-0.2, 0) is 4.74 Å². The molecule has 4 nitrogen and oxygen atoms in total. The molecule has 0 bridgehead atoms. The molecule has 0 amide bonds. The lowest BCUT2D eigenvalue weighted by Crippen LogP contribution is -2.19. The van der Waals surface area contributed by atoms with Gasteiger partial charge in [0.2, 0.25) is 0 Å². The Balaban J connectivity index is 2.69. The molecule has 1 unspecified atom stereocenters. The Morgan fingerprint density at radius 1 is 1.37 bits per heavy atom. The van der Waals surface area contributed by atoms with Gasteiger partial charge in [-0.25, -0.2) is 4.79 Å². The molecule has 0 radical (unpaired) electrons. The van der Waals surface area contributed by atoms with E-state index in [0.29, 0.717) is 11.3 Å². The molecule has 0 fully saturated rings. The molecule has 4 heteroatoms. The van der Waals surface area contributed by atoms with E-state index in [-0.39, 0.29) is 6.10 Å². The minimum Gasteiger partial charge on any atom is -0.454 e. The zero-order valence-corrected chi connectivity index (χ0v) is 11.4. The van der Waals surface area contributed by atoms with Crippen molar-refractivity contribution in [2.45, 2.75) is 39.2 Å². The highest BCUT2D eigenvalue weighted by molar-refractivity contribution is 5.90. The summed E-state index contributed by atoms with van der Waals surface area (Å²) in [6.45, 7) is 7.79. The van der Waals surface area contributed by atoms with Gasteiger partial charge in [0.05, 0.1) is 5.56 Å². The second-order valence-electron chi connectivity index (χ2n) is 4.52. The largest absolute Gasteiger partial charge is 0.454 e. The number of rotatable bonds is 7. The first-order valence-electron chi connectivity index (χ1n) is 6.38. The minimum atomic E-state index is -0.401. The number of carbonyl (C=O) groups excluding carboxylic acids is 1. The van der Waals surface area contributed by atoms with Crippen molar-refractivity contribution in [3.63, 3.8) is 0 Å². The van der Waals surface area contributed by atoms with Crippen LogP contribution in [0.5, 0.6) is 0 Å². The lowest BCUT2D eigenvalue weighted by molar-refractivity contribution is 0.0355. The summed E-state index contributed by atoms with van der Waals surface area (Å²) in [6.07, 6.45) is 2.56. The van der Waals surface area contributed by atoms with Gasteiger partial charge in [0.1, 0.15) is 11.8 Å². The first kappa shape index (κ1) is 15.1. The average molecular weight is 261 g/mol. The summed E-state index contributed by atoms with van der Waals surface area (Å²) >= 11 is 0. The van der Waals surface area contributed by atoms with Crippen LogP contribution in [0.4, 0.5) is 5.69 Å². The summed E-state index contributed by atoms with van der Waals surface area (Å²) in [5, 5.41) is 2.78. The lowest BCUT2D eigenvalue weighted by Gasteiger charge is -2.17. The van der Waals surface area contributed by atoms with Crippen molar-refractivity contribution in [3.05, 3.63) is 46.9 Å². The van der Waals surface area contributed by atoms with Crippen LogP contribution >= 0.6 is 0 Å². The van der Waals surface area contributed by atoms with Crippen molar-refractivity contribution < 1.29 is 9.53 Å². The molecule has 0 aliphatic rings. The molecule has 0 spiro atoms. The second-order valence-corrected chi connectivity index (χ2v) is 4.52. The van der Waals surface area contributed by atoms with E-state index in [1.807, 2.05) is 6.92 Å². The summed E-state index contributed by atoms with van der Waals surface area (Å²) in [7, 11) is 0. The molecule has 0 aliphatic carbocycles. The molecule has 102 valence electrons. The molecule has 1 aromatic carbocycles. The van der Waals surface area contributed by atoms with E-state index in [4.69, 9.17) is 4.74 Å². The van der Waals surface area contributed by atoms with Gasteiger partial charge in [-0.3, -0.25) is 0 Å². The molecule has 19 heavy (non-hydrogen) atoms. The normalized spacial score (nSPS) is 11.7. The van der Waals surface area contributed by atoms with Crippen LogP contribution in [0.15, 0.2) is 41.6 Å². The maximum Gasteiger partial charge on any atom is 0.338 e. The maximum atomic E-state index is 12.0. The van der Waals surface area contributed by atoms with Crippen molar-refractivity contribution >= 4 is 11.7 Å². The fraction of sp³-hybridized carbons (Fsp3) is 0.400. The van der Waals surface area contributed by atoms with E-state index in [1.165, 1.54) is 24.3 Å². The first-order valence-corrected chi connectivity index (χ1v) is 6.38. The van der Waals surface area contributed by atoms with Crippen molar-refractivity contribution in [1.29, 1.82) is 0 Å². The summed E-state index contributed by atoms with van der Waals surface area (Å²) in [5.41, 5.74) is 1.54. The third kappa shape index (κ3) is 4.66.